The molecule has 20 heavy (non-hydrogen) atoms. The number of halogens is 1. The third-order valence-corrected chi connectivity index (χ3v) is 3.30. The Morgan fingerprint density at radius 3 is 2.90 bits per heavy atom. The van der Waals surface area contributed by atoms with Crippen LogP contribution in [0.5, 0.6) is 0 Å². The second kappa shape index (κ2) is 5.05. The van der Waals surface area contributed by atoms with Gasteiger partial charge in [0.25, 0.3) is 5.91 Å². The van der Waals surface area contributed by atoms with Crippen molar-refractivity contribution in [2.45, 2.75) is 6.92 Å². The smallest absolute Gasteiger partial charge is 0.256 e. The van der Waals surface area contributed by atoms with Crippen molar-refractivity contribution in [2.24, 2.45) is 0 Å². The molecule has 0 bridgehead atoms. The van der Waals surface area contributed by atoms with Gasteiger partial charge in [-0.1, -0.05) is 0 Å². The number of benzene rings is 1. The van der Waals surface area contributed by atoms with E-state index in [1.165, 1.54) is 0 Å². The van der Waals surface area contributed by atoms with Gasteiger partial charge in [-0.2, -0.15) is 0 Å². The molecule has 0 saturated heterocycles. The molecule has 100 valence electrons. The van der Waals surface area contributed by atoms with Crippen LogP contribution in [0, 0.1) is 6.92 Å². The van der Waals surface area contributed by atoms with Gasteiger partial charge >= 0.3 is 0 Å². The summed E-state index contributed by atoms with van der Waals surface area (Å²) in [6.07, 6.45) is 1.64. The Bertz CT molecular complexity index is 779. The molecular weight excluding hydrogens is 320 g/mol. The van der Waals surface area contributed by atoms with E-state index >= 15 is 0 Å². The minimum absolute atomic E-state index is 0.200. The number of imidazole rings is 1. The number of carbonyl (C=O) groups excluding carboxylic acids is 1. The van der Waals surface area contributed by atoms with E-state index in [1.54, 1.807) is 24.4 Å². The Morgan fingerprint density at radius 2 is 2.15 bits per heavy atom. The van der Waals surface area contributed by atoms with E-state index in [-0.39, 0.29) is 5.91 Å². The van der Waals surface area contributed by atoms with Gasteiger partial charge in [0.2, 0.25) is 0 Å². The molecule has 2 heterocycles. The number of rotatable bonds is 2. The summed E-state index contributed by atoms with van der Waals surface area (Å²) in [5, 5.41) is 2.75. The average Bonchev–Trinajstić information content (AvgIpc) is 2.80. The van der Waals surface area contributed by atoms with Crippen LogP contribution in [0.4, 0.5) is 5.82 Å². The summed E-state index contributed by atoms with van der Waals surface area (Å²) in [6, 6.07) is 8.91. The number of H-pyrrole nitrogens is 1. The lowest BCUT2D eigenvalue weighted by Gasteiger charge is -2.04. The van der Waals surface area contributed by atoms with Crippen molar-refractivity contribution in [1.29, 1.82) is 0 Å². The zero-order valence-electron chi connectivity index (χ0n) is 10.6. The molecule has 0 saturated carbocycles. The van der Waals surface area contributed by atoms with Crippen molar-refractivity contribution < 1.29 is 4.79 Å². The first kappa shape index (κ1) is 12.8. The van der Waals surface area contributed by atoms with Crippen LogP contribution < -0.4 is 5.32 Å². The lowest BCUT2D eigenvalue weighted by molar-refractivity contribution is 0.102. The lowest BCUT2D eigenvalue weighted by atomic mass is 10.2. The molecule has 0 atom stereocenters. The van der Waals surface area contributed by atoms with Crippen molar-refractivity contribution >= 4 is 38.7 Å². The highest BCUT2D eigenvalue weighted by Gasteiger charge is 2.09. The van der Waals surface area contributed by atoms with Crippen molar-refractivity contribution in [1.82, 2.24) is 15.0 Å². The Labute approximate surface area is 123 Å². The van der Waals surface area contributed by atoms with Gasteiger partial charge in [-0.15, -0.1) is 0 Å². The van der Waals surface area contributed by atoms with Crippen molar-refractivity contribution in [3.8, 4) is 0 Å². The topological polar surface area (TPSA) is 70.7 Å². The highest BCUT2D eigenvalue weighted by molar-refractivity contribution is 9.10. The first-order chi connectivity index (χ1) is 9.61. The number of carbonyl (C=O) groups is 1. The molecule has 0 fully saturated rings. The van der Waals surface area contributed by atoms with Crippen LogP contribution in [0.1, 0.15) is 16.2 Å². The number of anilines is 1. The van der Waals surface area contributed by atoms with E-state index in [1.807, 2.05) is 19.1 Å². The van der Waals surface area contributed by atoms with Gasteiger partial charge < -0.3 is 10.3 Å². The van der Waals surface area contributed by atoms with Crippen molar-refractivity contribution in [3.63, 3.8) is 0 Å². The van der Waals surface area contributed by atoms with Crippen LogP contribution >= 0.6 is 15.9 Å². The molecular formula is C14H11BrN4O. The maximum atomic E-state index is 12.2. The zero-order chi connectivity index (χ0) is 14.1. The summed E-state index contributed by atoms with van der Waals surface area (Å²) in [6.45, 7) is 1.88. The lowest BCUT2D eigenvalue weighted by Crippen LogP contribution is -2.12. The number of nitrogens with zero attached hydrogens (tertiary/aromatic N) is 2. The number of nitrogens with one attached hydrogen (secondary N) is 2. The molecule has 3 aromatic rings. The van der Waals surface area contributed by atoms with Gasteiger partial charge in [-0.25, -0.2) is 9.97 Å². The quantitative estimate of drug-likeness (QED) is 0.757. The standard InChI is InChI=1S/C14H11BrN4O/c1-8-17-11-4-2-9(6-12(11)18-8)14(20)19-13-5-3-10(15)7-16-13/h2-7H,1H3,(H,17,18)(H,16,19,20). The molecule has 6 heteroatoms. The minimum atomic E-state index is -0.200. The van der Waals surface area contributed by atoms with Gasteiger partial charge in [-0.3, -0.25) is 4.79 Å². The van der Waals surface area contributed by atoms with Crippen LogP contribution in [-0.2, 0) is 0 Å². The van der Waals surface area contributed by atoms with Gasteiger partial charge in [0.1, 0.15) is 11.6 Å². The Balaban J connectivity index is 1.86. The second-order valence-corrected chi connectivity index (χ2v) is 5.29. The minimum Gasteiger partial charge on any atom is -0.342 e. The highest BCUT2D eigenvalue weighted by atomic mass is 79.9. The largest absolute Gasteiger partial charge is 0.342 e. The summed E-state index contributed by atoms with van der Waals surface area (Å²) in [5.74, 6) is 1.14. The predicted molar refractivity (Wildman–Crippen MR) is 80.7 cm³/mol. The number of amides is 1. The predicted octanol–water partition coefficient (Wildman–Crippen LogP) is 3.28. The molecule has 0 aliphatic heterocycles. The molecule has 0 aliphatic rings. The first-order valence-electron chi connectivity index (χ1n) is 6.01. The monoisotopic (exact) mass is 330 g/mol. The van der Waals surface area contributed by atoms with Crippen molar-refractivity contribution in [2.75, 3.05) is 5.32 Å². The van der Waals surface area contributed by atoms with Crippen LogP contribution in [0.25, 0.3) is 11.0 Å². The van der Waals surface area contributed by atoms with Gasteiger partial charge in [0.15, 0.2) is 0 Å². The first-order valence-corrected chi connectivity index (χ1v) is 6.80. The van der Waals surface area contributed by atoms with Gasteiger partial charge in [0, 0.05) is 16.2 Å². The van der Waals surface area contributed by atoms with Crippen molar-refractivity contribution in [3.05, 3.63) is 52.4 Å². The number of hydrogen-bond donors (Lipinski definition) is 2. The van der Waals surface area contributed by atoms with E-state index in [9.17, 15) is 4.79 Å². The molecule has 2 N–H and O–H groups in total. The number of hydrogen-bond acceptors (Lipinski definition) is 3. The van der Waals surface area contributed by atoms with Gasteiger partial charge in [-0.05, 0) is 53.2 Å². The molecule has 1 amide bonds. The maximum Gasteiger partial charge on any atom is 0.256 e. The summed E-state index contributed by atoms with van der Waals surface area (Å²) in [5.41, 5.74) is 2.26. The summed E-state index contributed by atoms with van der Waals surface area (Å²) in [7, 11) is 0. The molecule has 2 aromatic heterocycles. The van der Waals surface area contributed by atoms with E-state index in [0.29, 0.717) is 11.4 Å². The van der Waals surface area contributed by atoms with E-state index in [2.05, 4.69) is 36.2 Å². The maximum absolute atomic E-state index is 12.2. The van der Waals surface area contributed by atoms with E-state index in [0.717, 1.165) is 21.3 Å². The van der Waals surface area contributed by atoms with Gasteiger partial charge in [0.05, 0.1) is 11.0 Å². The van der Waals surface area contributed by atoms with E-state index < -0.39 is 0 Å². The van der Waals surface area contributed by atoms with Crippen LogP contribution in [0.3, 0.4) is 0 Å². The molecule has 5 nitrogen and oxygen atoms in total. The summed E-state index contributed by atoms with van der Waals surface area (Å²) in [4.78, 5) is 23.7. The van der Waals surface area contributed by atoms with Crippen LogP contribution in [-0.4, -0.2) is 20.9 Å². The molecule has 0 spiro atoms. The number of fused-ring (bicyclic) bond motifs is 1. The average molecular weight is 331 g/mol. The highest BCUT2D eigenvalue weighted by Crippen LogP contribution is 2.15. The number of pyridine rings is 1. The Kier molecular flexibility index (Phi) is 3.23. The third-order valence-electron chi connectivity index (χ3n) is 2.83. The summed E-state index contributed by atoms with van der Waals surface area (Å²) >= 11 is 3.30. The summed E-state index contributed by atoms with van der Waals surface area (Å²) < 4.78 is 0.866. The van der Waals surface area contributed by atoms with Crippen LogP contribution in [0.2, 0.25) is 0 Å². The Morgan fingerprint density at radius 1 is 1.30 bits per heavy atom. The fourth-order valence-corrected chi connectivity index (χ4v) is 2.15. The zero-order valence-corrected chi connectivity index (χ0v) is 12.2. The molecule has 0 aliphatic carbocycles. The van der Waals surface area contributed by atoms with E-state index in [4.69, 9.17) is 0 Å². The normalized spacial score (nSPS) is 10.7. The fourth-order valence-electron chi connectivity index (χ4n) is 1.92. The number of aromatic nitrogens is 3. The molecule has 1 aromatic carbocycles. The fraction of sp³-hybridized carbons (Fsp3) is 0.0714. The van der Waals surface area contributed by atoms with Crippen LogP contribution in [0.15, 0.2) is 41.0 Å². The SMILES string of the molecule is Cc1nc2ccc(C(=O)Nc3ccc(Br)cn3)cc2[nH]1. The second-order valence-electron chi connectivity index (χ2n) is 4.37. The number of aryl methyl sites for hydroxylation is 1. The molecule has 0 radical (unpaired) electrons. The Hall–Kier alpha value is -2.21. The molecule has 0 unspecified atom stereocenters. The molecule has 3 rings (SSSR count). The number of aromatic amines is 1. The third kappa shape index (κ3) is 2.55.